The number of nitrogens with one attached hydrogen (secondary N) is 1. The predicted molar refractivity (Wildman–Crippen MR) is 81.1 cm³/mol. The lowest BCUT2D eigenvalue weighted by Crippen LogP contribution is -2.29. The number of likely N-dealkylation sites (N-methyl/N-ethyl adjacent to an activating group) is 1. The van der Waals surface area contributed by atoms with Crippen LogP contribution >= 0.6 is 0 Å². The molecule has 1 amide bonds. The highest BCUT2D eigenvalue weighted by Crippen LogP contribution is 2.39. The van der Waals surface area contributed by atoms with Crippen molar-refractivity contribution in [3.63, 3.8) is 0 Å². The van der Waals surface area contributed by atoms with Crippen LogP contribution in [0.3, 0.4) is 0 Å². The van der Waals surface area contributed by atoms with E-state index in [0.29, 0.717) is 6.54 Å². The van der Waals surface area contributed by atoms with E-state index in [0.717, 1.165) is 40.6 Å². The Labute approximate surface area is 128 Å². The molecule has 0 bridgehead atoms. The molecular formula is C16H17N3O3. The van der Waals surface area contributed by atoms with Gasteiger partial charge in [-0.15, -0.1) is 0 Å². The van der Waals surface area contributed by atoms with Crippen molar-refractivity contribution in [1.82, 2.24) is 10.2 Å². The zero-order chi connectivity index (χ0) is 15.3. The van der Waals surface area contributed by atoms with Gasteiger partial charge in [0.2, 0.25) is 6.79 Å². The molecule has 0 spiro atoms. The third-order valence-corrected chi connectivity index (χ3v) is 4.32. The molecule has 4 rings (SSSR count). The van der Waals surface area contributed by atoms with Gasteiger partial charge in [-0.3, -0.25) is 9.79 Å². The van der Waals surface area contributed by atoms with Gasteiger partial charge in [0.15, 0.2) is 11.5 Å². The second-order valence-electron chi connectivity index (χ2n) is 5.67. The Hall–Kier alpha value is -2.50. The second-order valence-corrected chi connectivity index (χ2v) is 5.67. The summed E-state index contributed by atoms with van der Waals surface area (Å²) < 4.78 is 10.8. The number of rotatable bonds is 1. The minimum atomic E-state index is -0.193. The van der Waals surface area contributed by atoms with Gasteiger partial charge in [-0.25, -0.2) is 0 Å². The number of carbonyl (C=O) groups is 1. The molecule has 1 aromatic carbocycles. The molecule has 0 fully saturated rings. The normalized spacial score (nSPS) is 23.2. The van der Waals surface area contributed by atoms with Gasteiger partial charge in [0, 0.05) is 24.9 Å². The van der Waals surface area contributed by atoms with Gasteiger partial charge < -0.3 is 19.7 Å². The maximum atomic E-state index is 12.4. The van der Waals surface area contributed by atoms with Gasteiger partial charge in [-0.2, -0.15) is 0 Å². The summed E-state index contributed by atoms with van der Waals surface area (Å²) in [5, 5.41) is 3.06. The Balaban J connectivity index is 1.81. The fraction of sp³-hybridized carbons (Fsp3) is 0.375. The topological polar surface area (TPSA) is 63.2 Å². The molecule has 0 aliphatic carbocycles. The number of fused-ring (bicyclic) bond motifs is 1. The Morgan fingerprint density at radius 1 is 1.32 bits per heavy atom. The highest BCUT2D eigenvalue weighted by atomic mass is 16.7. The summed E-state index contributed by atoms with van der Waals surface area (Å²) in [4.78, 5) is 19.0. The highest BCUT2D eigenvalue weighted by Gasteiger charge is 2.37. The fourth-order valence-corrected chi connectivity index (χ4v) is 3.20. The minimum absolute atomic E-state index is 0.0448. The van der Waals surface area contributed by atoms with Crippen molar-refractivity contribution in [2.24, 2.45) is 4.99 Å². The lowest BCUT2D eigenvalue weighted by atomic mass is 9.96. The number of ether oxygens (including phenoxy) is 2. The molecule has 0 aromatic heterocycles. The van der Waals surface area contributed by atoms with Crippen molar-refractivity contribution in [2.45, 2.75) is 13.0 Å². The van der Waals surface area contributed by atoms with E-state index in [9.17, 15) is 4.79 Å². The summed E-state index contributed by atoms with van der Waals surface area (Å²) in [6.07, 6.45) is 0. The van der Waals surface area contributed by atoms with Crippen LogP contribution in [-0.2, 0) is 4.79 Å². The molecule has 22 heavy (non-hydrogen) atoms. The predicted octanol–water partition coefficient (Wildman–Crippen LogP) is 1.25. The van der Waals surface area contributed by atoms with Gasteiger partial charge >= 0.3 is 0 Å². The Morgan fingerprint density at radius 2 is 2.14 bits per heavy atom. The van der Waals surface area contributed by atoms with E-state index >= 15 is 0 Å². The Kier molecular flexibility index (Phi) is 2.85. The molecule has 0 saturated carbocycles. The van der Waals surface area contributed by atoms with Crippen molar-refractivity contribution in [3.05, 3.63) is 35.0 Å². The number of benzene rings is 1. The smallest absolute Gasteiger partial charge is 0.268 e. The van der Waals surface area contributed by atoms with E-state index in [-0.39, 0.29) is 18.7 Å². The number of nitrogens with zero attached hydrogens (tertiary/aromatic N) is 2. The highest BCUT2D eigenvalue weighted by molar-refractivity contribution is 6.11. The van der Waals surface area contributed by atoms with E-state index in [1.807, 2.05) is 37.1 Å². The Morgan fingerprint density at radius 3 is 3.00 bits per heavy atom. The molecule has 1 unspecified atom stereocenters. The van der Waals surface area contributed by atoms with Crippen LogP contribution < -0.4 is 14.8 Å². The summed E-state index contributed by atoms with van der Waals surface area (Å²) in [6, 6.07) is 5.59. The van der Waals surface area contributed by atoms with Crippen molar-refractivity contribution < 1.29 is 14.3 Å². The zero-order valence-electron chi connectivity index (χ0n) is 12.5. The molecule has 6 nitrogen and oxygen atoms in total. The Bertz CT molecular complexity index is 723. The molecule has 0 radical (unpaired) electrons. The standard InChI is InChI=1S/C16H17N3O3/c1-9-13-14(10-3-4-11-12(7-10)22-8-21-11)18-16(20)15(13)19(2)6-5-17-9/h3-4,7,14H,5-6,8H2,1-2H3,(H,18,20). The SMILES string of the molecule is CC1=NCCN(C)C2=C1C(c1ccc3c(c1)OCO3)NC2=O. The average molecular weight is 299 g/mol. The summed E-state index contributed by atoms with van der Waals surface area (Å²) in [5.41, 5.74) is 3.58. The van der Waals surface area contributed by atoms with Crippen LogP contribution in [-0.4, -0.2) is 43.4 Å². The maximum Gasteiger partial charge on any atom is 0.268 e. The first-order valence-corrected chi connectivity index (χ1v) is 7.32. The lowest BCUT2D eigenvalue weighted by Gasteiger charge is -2.17. The number of hydrogen-bond acceptors (Lipinski definition) is 5. The molecule has 114 valence electrons. The minimum Gasteiger partial charge on any atom is -0.454 e. The number of amides is 1. The average Bonchev–Trinajstić information content (AvgIpc) is 3.06. The third kappa shape index (κ3) is 1.87. The van der Waals surface area contributed by atoms with Crippen LogP contribution in [0.4, 0.5) is 0 Å². The van der Waals surface area contributed by atoms with E-state index < -0.39 is 0 Å². The van der Waals surface area contributed by atoms with E-state index in [1.54, 1.807) is 0 Å². The number of hydrogen-bond donors (Lipinski definition) is 1. The van der Waals surface area contributed by atoms with Crippen LogP contribution in [0.2, 0.25) is 0 Å². The van der Waals surface area contributed by atoms with Crippen LogP contribution in [0.25, 0.3) is 0 Å². The van der Waals surface area contributed by atoms with Gasteiger partial charge in [0.05, 0.1) is 12.6 Å². The van der Waals surface area contributed by atoms with E-state index in [1.165, 1.54) is 0 Å². The van der Waals surface area contributed by atoms with Crippen LogP contribution in [0, 0.1) is 0 Å². The molecule has 3 aliphatic heterocycles. The van der Waals surface area contributed by atoms with Crippen LogP contribution in [0.1, 0.15) is 18.5 Å². The van der Waals surface area contributed by atoms with E-state index in [4.69, 9.17) is 9.47 Å². The lowest BCUT2D eigenvalue weighted by molar-refractivity contribution is -0.118. The molecule has 0 saturated heterocycles. The monoisotopic (exact) mass is 299 g/mol. The summed E-state index contributed by atoms with van der Waals surface area (Å²) in [6.45, 7) is 3.66. The molecule has 6 heteroatoms. The third-order valence-electron chi connectivity index (χ3n) is 4.32. The van der Waals surface area contributed by atoms with E-state index in [2.05, 4.69) is 10.3 Å². The van der Waals surface area contributed by atoms with Gasteiger partial charge in [0.25, 0.3) is 5.91 Å². The quantitative estimate of drug-likeness (QED) is 0.847. The van der Waals surface area contributed by atoms with Crippen molar-refractivity contribution in [1.29, 1.82) is 0 Å². The van der Waals surface area contributed by atoms with Gasteiger partial charge in [-0.05, 0) is 24.6 Å². The van der Waals surface area contributed by atoms with Crippen molar-refractivity contribution in [3.8, 4) is 11.5 Å². The number of carbonyl (C=O) groups excluding carboxylic acids is 1. The van der Waals surface area contributed by atoms with Crippen molar-refractivity contribution in [2.75, 3.05) is 26.9 Å². The molecular weight excluding hydrogens is 282 g/mol. The fourth-order valence-electron chi connectivity index (χ4n) is 3.20. The molecule has 1 aromatic rings. The molecule has 1 N–H and O–H groups in total. The number of aliphatic imine (C=N–C) groups is 1. The molecule has 1 atom stereocenters. The summed E-state index contributed by atoms with van der Waals surface area (Å²) >= 11 is 0. The first-order chi connectivity index (χ1) is 10.6. The largest absolute Gasteiger partial charge is 0.454 e. The zero-order valence-corrected chi connectivity index (χ0v) is 12.5. The van der Waals surface area contributed by atoms with Gasteiger partial charge in [-0.1, -0.05) is 6.07 Å². The molecule has 3 heterocycles. The van der Waals surface area contributed by atoms with Crippen LogP contribution in [0.15, 0.2) is 34.5 Å². The maximum absolute atomic E-state index is 12.4. The summed E-state index contributed by atoms with van der Waals surface area (Å²) in [7, 11) is 1.94. The summed E-state index contributed by atoms with van der Waals surface area (Å²) in [5.74, 6) is 1.42. The van der Waals surface area contributed by atoms with Crippen LogP contribution in [0.5, 0.6) is 11.5 Å². The van der Waals surface area contributed by atoms with Gasteiger partial charge in [0.1, 0.15) is 5.70 Å². The van der Waals surface area contributed by atoms with Crippen molar-refractivity contribution >= 4 is 11.6 Å². The molecule has 3 aliphatic rings. The second kappa shape index (κ2) is 4.76. The first-order valence-electron chi connectivity index (χ1n) is 7.32. The first kappa shape index (κ1) is 13.2.